The molecule has 4 N–H and O–H groups in total. The summed E-state index contributed by atoms with van der Waals surface area (Å²) >= 11 is 0. The van der Waals surface area contributed by atoms with Gasteiger partial charge in [0, 0.05) is 12.1 Å². The average molecular weight is 398 g/mol. The number of hydrogen-bond donors (Lipinski definition) is 2. The van der Waals surface area contributed by atoms with Crippen molar-refractivity contribution in [2.75, 3.05) is 6.61 Å². The Morgan fingerprint density at radius 3 is 2.55 bits per heavy atom. The molecule has 2 heterocycles. The second-order valence-electron chi connectivity index (χ2n) is 6.75. The number of primary amides is 2. The number of ether oxygens (including phenoxy) is 1. The number of nitriles is 1. The fourth-order valence-corrected chi connectivity index (χ4v) is 4.10. The number of carbonyl (C=O) groups excluding carboxylic acids is 3. The molecule has 1 aromatic carbocycles. The number of rotatable bonds is 5. The molecule has 2 aliphatic rings. The first-order valence-electron chi connectivity index (χ1n) is 8.89. The van der Waals surface area contributed by atoms with Gasteiger partial charge < -0.3 is 21.1 Å². The van der Waals surface area contributed by atoms with E-state index in [2.05, 4.69) is 0 Å². The van der Waals surface area contributed by atoms with Crippen molar-refractivity contribution >= 4 is 17.8 Å². The molecular formula is C20H19FN4O4. The Bertz CT molecular complexity index is 983. The van der Waals surface area contributed by atoms with Crippen LogP contribution in [0.1, 0.15) is 18.4 Å². The van der Waals surface area contributed by atoms with Crippen molar-refractivity contribution in [3.05, 3.63) is 59.6 Å². The minimum atomic E-state index is -1.98. The van der Waals surface area contributed by atoms with Gasteiger partial charge in [-0.05, 0) is 24.6 Å². The van der Waals surface area contributed by atoms with Crippen LogP contribution in [-0.4, -0.2) is 41.4 Å². The summed E-state index contributed by atoms with van der Waals surface area (Å²) in [6.45, 7) is 1.55. The molecule has 0 spiro atoms. The van der Waals surface area contributed by atoms with Gasteiger partial charge in [-0.1, -0.05) is 24.3 Å². The van der Waals surface area contributed by atoms with Crippen molar-refractivity contribution in [3.63, 3.8) is 0 Å². The van der Waals surface area contributed by atoms with E-state index in [0.717, 1.165) is 0 Å². The second-order valence-corrected chi connectivity index (χ2v) is 6.75. The molecule has 2 amide bonds. The monoisotopic (exact) mass is 398 g/mol. The fourth-order valence-electron chi connectivity index (χ4n) is 4.10. The van der Waals surface area contributed by atoms with Crippen LogP contribution in [0.3, 0.4) is 0 Å². The number of nitrogens with zero attached hydrogens (tertiary/aromatic N) is 2. The van der Waals surface area contributed by atoms with E-state index >= 15 is 0 Å². The summed E-state index contributed by atoms with van der Waals surface area (Å²) in [6, 6.07) is 5.20. The van der Waals surface area contributed by atoms with Crippen molar-refractivity contribution in [1.82, 2.24) is 4.90 Å². The first-order valence-corrected chi connectivity index (χ1v) is 8.89. The quantitative estimate of drug-likeness (QED) is 0.691. The van der Waals surface area contributed by atoms with Crippen molar-refractivity contribution < 1.29 is 23.5 Å². The normalized spacial score (nSPS) is 27.6. The van der Waals surface area contributed by atoms with Gasteiger partial charge in [0.25, 0.3) is 0 Å². The number of fused-ring (bicyclic) bond motifs is 1. The Balaban J connectivity index is 2.32. The smallest absolute Gasteiger partial charge is 0.329 e. The predicted octanol–water partition coefficient (Wildman–Crippen LogP) is 0.459. The summed E-state index contributed by atoms with van der Waals surface area (Å²) in [5.41, 5.74) is 9.00. The SMILES string of the molecule is CCOC(=O)C1(C#N)C(c2ccccc2F)C(C(N)=O)N2C=C(C(N)=O)C=CC21. The molecule has 0 aliphatic carbocycles. The summed E-state index contributed by atoms with van der Waals surface area (Å²) in [5, 5.41) is 10.2. The van der Waals surface area contributed by atoms with Crippen molar-refractivity contribution in [2.45, 2.75) is 24.9 Å². The number of carbonyl (C=O) groups is 3. The molecule has 1 fully saturated rings. The molecule has 0 saturated carbocycles. The zero-order chi connectivity index (χ0) is 21.3. The highest BCUT2D eigenvalue weighted by molar-refractivity contribution is 5.96. The van der Waals surface area contributed by atoms with Gasteiger partial charge in [0.2, 0.25) is 11.8 Å². The molecule has 9 heteroatoms. The van der Waals surface area contributed by atoms with Crippen molar-refractivity contribution in [2.24, 2.45) is 16.9 Å². The Morgan fingerprint density at radius 2 is 2.00 bits per heavy atom. The minimum absolute atomic E-state index is 0.0215. The highest BCUT2D eigenvalue weighted by Crippen LogP contribution is 2.54. The molecule has 0 radical (unpaired) electrons. The maximum atomic E-state index is 14.8. The number of nitrogens with two attached hydrogens (primary N) is 2. The summed E-state index contributed by atoms with van der Waals surface area (Å²) < 4.78 is 19.9. The number of halogens is 1. The number of esters is 1. The van der Waals surface area contributed by atoms with Gasteiger partial charge in [-0.3, -0.25) is 14.4 Å². The predicted molar refractivity (Wildman–Crippen MR) is 98.8 cm³/mol. The van der Waals surface area contributed by atoms with E-state index in [-0.39, 0.29) is 17.7 Å². The van der Waals surface area contributed by atoms with E-state index in [1.165, 1.54) is 47.5 Å². The lowest BCUT2D eigenvalue weighted by molar-refractivity contribution is -0.153. The maximum Gasteiger partial charge on any atom is 0.329 e. The summed E-state index contributed by atoms with van der Waals surface area (Å²) in [5.74, 6) is -4.54. The van der Waals surface area contributed by atoms with Crippen LogP contribution in [-0.2, 0) is 19.1 Å². The van der Waals surface area contributed by atoms with Crippen LogP contribution in [0, 0.1) is 22.6 Å². The molecule has 1 saturated heterocycles. The lowest BCUT2D eigenvalue weighted by atomic mass is 9.68. The Morgan fingerprint density at radius 1 is 1.31 bits per heavy atom. The minimum Gasteiger partial charge on any atom is -0.465 e. The highest BCUT2D eigenvalue weighted by atomic mass is 19.1. The zero-order valence-corrected chi connectivity index (χ0v) is 15.5. The van der Waals surface area contributed by atoms with E-state index in [0.29, 0.717) is 0 Å². The molecule has 150 valence electrons. The van der Waals surface area contributed by atoms with Crippen LogP contribution in [0.4, 0.5) is 4.39 Å². The second kappa shape index (κ2) is 7.39. The van der Waals surface area contributed by atoms with Crippen molar-refractivity contribution in [1.29, 1.82) is 5.26 Å². The van der Waals surface area contributed by atoms with Crippen LogP contribution in [0.2, 0.25) is 0 Å². The lowest BCUT2D eigenvalue weighted by Crippen LogP contribution is -2.45. The van der Waals surface area contributed by atoms with Gasteiger partial charge >= 0.3 is 5.97 Å². The van der Waals surface area contributed by atoms with E-state index in [4.69, 9.17) is 16.2 Å². The van der Waals surface area contributed by atoms with Gasteiger partial charge in [0.1, 0.15) is 11.9 Å². The fraction of sp³-hybridized carbons (Fsp3) is 0.300. The molecule has 1 aromatic rings. The van der Waals surface area contributed by atoms with Crippen LogP contribution in [0.25, 0.3) is 0 Å². The van der Waals surface area contributed by atoms with Gasteiger partial charge in [-0.2, -0.15) is 5.26 Å². The first-order chi connectivity index (χ1) is 13.8. The third kappa shape index (κ3) is 2.93. The molecule has 29 heavy (non-hydrogen) atoms. The van der Waals surface area contributed by atoms with E-state index in [1.54, 1.807) is 6.92 Å². The number of hydrogen-bond acceptors (Lipinski definition) is 6. The van der Waals surface area contributed by atoms with E-state index in [1.807, 2.05) is 6.07 Å². The molecule has 0 bridgehead atoms. The molecule has 2 aliphatic heterocycles. The van der Waals surface area contributed by atoms with Gasteiger partial charge in [-0.25, -0.2) is 4.39 Å². The van der Waals surface area contributed by atoms with Crippen LogP contribution in [0.5, 0.6) is 0 Å². The van der Waals surface area contributed by atoms with E-state index < -0.39 is 47.0 Å². The molecule has 4 unspecified atom stereocenters. The number of benzene rings is 1. The number of amides is 2. The average Bonchev–Trinajstić information content (AvgIpc) is 2.99. The molecule has 3 rings (SSSR count). The van der Waals surface area contributed by atoms with E-state index in [9.17, 15) is 24.0 Å². The highest BCUT2D eigenvalue weighted by Gasteiger charge is 2.66. The lowest BCUT2D eigenvalue weighted by Gasteiger charge is -2.32. The largest absolute Gasteiger partial charge is 0.465 e. The van der Waals surface area contributed by atoms with Gasteiger partial charge in [0.15, 0.2) is 5.41 Å². The molecule has 4 atom stereocenters. The van der Waals surface area contributed by atoms with Crippen LogP contribution in [0.15, 0.2) is 48.2 Å². The summed E-state index contributed by atoms with van der Waals surface area (Å²) in [4.78, 5) is 38.4. The topological polar surface area (TPSA) is 140 Å². The van der Waals surface area contributed by atoms with Crippen LogP contribution >= 0.6 is 0 Å². The molecule has 8 nitrogen and oxygen atoms in total. The Kier molecular flexibility index (Phi) is 5.12. The Hall–Kier alpha value is -3.67. The Labute approximate surface area is 166 Å². The first kappa shape index (κ1) is 20.1. The zero-order valence-electron chi connectivity index (χ0n) is 15.5. The third-order valence-corrected chi connectivity index (χ3v) is 5.28. The standard InChI is InChI=1S/C20H19FN4O4/c1-2-29-19(28)20(10-22)14-8-7-11(17(23)26)9-25(14)16(18(24)27)15(20)12-5-3-4-6-13(12)21/h3-9,14-16H,2H2,1H3,(H2,23,26)(H2,24,27). The third-order valence-electron chi connectivity index (χ3n) is 5.28. The molecule has 0 aromatic heterocycles. The summed E-state index contributed by atoms with van der Waals surface area (Å²) in [6.07, 6.45) is 4.04. The summed E-state index contributed by atoms with van der Waals surface area (Å²) in [7, 11) is 0. The van der Waals surface area contributed by atoms with Crippen molar-refractivity contribution in [3.8, 4) is 6.07 Å². The van der Waals surface area contributed by atoms with Gasteiger partial charge in [0.05, 0.1) is 24.3 Å². The van der Waals surface area contributed by atoms with Gasteiger partial charge in [-0.15, -0.1) is 0 Å². The maximum absolute atomic E-state index is 14.8. The molecular weight excluding hydrogens is 379 g/mol. The van der Waals surface area contributed by atoms with Crippen LogP contribution < -0.4 is 11.5 Å².